The van der Waals surface area contributed by atoms with E-state index in [9.17, 15) is 4.79 Å². The number of carbonyl (C=O) groups excluding carboxylic acids is 1. The second-order valence-corrected chi connectivity index (χ2v) is 10.2. The summed E-state index contributed by atoms with van der Waals surface area (Å²) in [5, 5.41) is 9.38. The molecule has 4 rings (SSSR count). The molecule has 0 spiro atoms. The van der Waals surface area contributed by atoms with Gasteiger partial charge in [-0.2, -0.15) is 0 Å². The molecule has 36 heavy (non-hydrogen) atoms. The van der Waals surface area contributed by atoms with Crippen LogP contribution >= 0.6 is 0 Å². The Morgan fingerprint density at radius 2 is 1.61 bits per heavy atom. The standard InChI is InChI=1S/C26H26NO.C5H8O2.Ir/c1-16-9-17(2)12-21(11-16)24-15-19-7-8-23(27-25(19)28-24)20-10-18(3)13-22(14-20)26(4,5)6;1-4(6)3-5(2)7;/h7-9,11-15H,1-6H3;3,6H,1-2H3;/q-1;;/b;4-3-;. The summed E-state index contributed by atoms with van der Waals surface area (Å²) < 4.78 is 6.13. The summed E-state index contributed by atoms with van der Waals surface area (Å²) in [7, 11) is 0. The smallest absolute Gasteiger partial charge is 0.217 e. The van der Waals surface area contributed by atoms with E-state index in [4.69, 9.17) is 14.5 Å². The number of rotatable bonds is 3. The zero-order valence-corrected chi connectivity index (χ0v) is 24.6. The van der Waals surface area contributed by atoms with Crippen molar-refractivity contribution in [1.82, 2.24) is 4.98 Å². The van der Waals surface area contributed by atoms with Crippen LogP contribution in [0.4, 0.5) is 0 Å². The third-order valence-electron chi connectivity index (χ3n) is 5.45. The van der Waals surface area contributed by atoms with Crippen LogP contribution < -0.4 is 0 Å². The molecule has 191 valence electrons. The molecule has 5 heteroatoms. The van der Waals surface area contributed by atoms with Crippen molar-refractivity contribution < 1.29 is 34.4 Å². The van der Waals surface area contributed by atoms with Crippen LogP contribution in [0.3, 0.4) is 0 Å². The molecule has 2 aromatic carbocycles. The van der Waals surface area contributed by atoms with Crippen LogP contribution in [0.5, 0.6) is 0 Å². The van der Waals surface area contributed by atoms with Crippen LogP contribution in [0.25, 0.3) is 33.7 Å². The van der Waals surface area contributed by atoms with Crippen LogP contribution in [0.1, 0.15) is 56.9 Å². The molecule has 1 radical (unpaired) electrons. The quantitative estimate of drug-likeness (QED) is 0.137. The van der Waals surface area contributed by atoms with Gasteiger partial charge < -0.3 is 9.52 Å². The molecule has 0 unspecified atom stereocenters. The summed E-state index contributed by atoms with van der Waals surface area (Å²) in [4.78, 5) is 14.8. The minimum atomic E-state index is -0.125. The van der Waals surface area contributed by atoms with Gasteiger partial charge in [0.05, 0.1) is 5.76 Å². The third-order valence-corrected chi connectivity index (χ3v) is 5.45. The average molecular weight is 661 g/mol. The number of pyridine rings is 1. The van der Waals surface area contributed by atoms with Crippen LogP contribution in [0.2, 0.25) is 0 Å². The number of aromatic nitrogens is 1. The van der Waals surface area contributed by atoms with Gasteiger partial charge in [-0.1, -0.05) is 57.0 Å². The fourth-order valence-electron chi connectivity index (χ4n) is 3.91. The Labute approximate surface area is 227 Å². The van der Waals surface area contributed by atoms with Gasteiger partial charge >= 0.3 is 0 Å². The Hall–Kier alpha value is -3.01. The van der Waals surface area contributed by atoms with E-state index in [2.05, 4.69) is 96.1 Å². The zero-order valence-electron chi connectivity index (χ0n) is 22.2. The van der Waals surface area contributed by atoms with E-state index in [0.29, 0.717) is 5.71 Å². The van der Waals surface area contributed by atoms with E-state index < -0.39 is 0 Å². The van der Waals surface area contributed by atoms with E-state index in [1.807, 2.05) is 0 Å². The molecule has 0 atom stereocenters. The zero-order chi connectivity index (χ0) is 25.9. The van der Waals surface area contributed by atoms with Gasteiger partial charge in [0.25, 0.3) is 0 Å². The van der Waals surface area contributed by atoms with Crippen molar-refractivity contribution in [3.63, 3.8) is 0 Å². The van der Waals surface area contributed by atoms with E-state index in [1.165, 1.54) is 36.6 Å². The molecule has 0 saturated heterocycles. The van der Waals surface area contributed by atoms with E-state index >= 15 is 0 Å². The third kappa shape index (κ3) is 7.74. The number of hydrogen-bond acceptors (Lipinski definition) is 4. The Kier molecular flexibility index (Phi) is 9.59. The van der Waals surface area contributed by atoms with Crippen LogP contribution in [0, 0.1) is 26.8 Å². The molecule has 4 aromatic rings. The van der Waals surface area contributed by atoms with Gasteiger partial charge in [0.15, 0.2) is 5.78 Å². The number of aliphatic hydroxyl groups is 1. The number of furan rings is 1. The molecule has 2 heterocycles. The second-order valence-electron chi connectivity index (χ2n) is 10.2. The fraction of sp³-hybridized carbons (Fsp3) is 0.290. The van der Waals surface area contributed by atoms with Crippen molar-refractivity contribution in [2.45, 2.75) is 60.8 Å². The molecule has 0 aliphatic rings. The Morgan fingerprint density at radius 3 is 2.14 bits per heavy atom. The second kappa shape index (κ2) is 11.8. The van der Waals surface area contributed by atoms with Crippen molar-refractivity contribution >= 4 is 16.9 Å². The molecule has 0 fully saturated rings. The van der Waals surface area contributed by atoms with E-state index in [1.54, 1.807) is 0 Å². The first-order valence-electron chi connectivity index (χ1n) is 11.7. The van der Waals surface area contributed by atoms with Gasteiger partial charge in [-0.25, -0.2) is 0 Å². The molecule has 0 bridgehead atoms. The number of fused-ring (bicyclic) bond motifs is 1. The maximum Gasteiger partial charge on any atom is 0.217 e. The maximum atomic E-state index is 10.0. The number of hydrogen-bond donors (Lipinski definition) is 1. The molecule has 0 saturated carbocycles. The summed E-state index contributed by atoms with van der Waals surface area (Å²) in [5.74, 6) is 0.794. The number of benzene rings is 2. The van der Waals surface area contributed by atoms with Crippen molar-refractivity contribution in [3.8, 4) is 22.6 Å². The predicted molar refractivity (Wildman–Crippen MR) is 144 cm³/mol. The average Bonchev–Trinajstić information content (AvgIpc) is 3.15. The van der Waals surface area contributed by atoms with Crippen LogP contribution in [-0.2, 0) is 30.3 Å². The Bertz CT molecular complexity index is 1380. The monoisotopic (exact) mass is 661 g/mol. The van der Waals surface area contributed by atoms with Gasteiger partial charge in [0.2, 0.25) is 5.71 Å². The van der Waals surface area contributed by atoms with Gasteiger partial charge in [0.1, 0.15) is 5.76 Å². The molecular formula is C31H34IrNO3-. The number of allylic oxidation sites excluding steroid dienone is 2. The molecule has 0 aliphatic carbocycles. The molecular weight excluding hydrogens is 627 g/mol. The topological polar surface area (TPSA) is 63.3 Å². The van der Waals surface area contributed by atoms with Gasteiger partial charge in [-0.05, 0) is 57.0 Å². The predicted octanol–water partition coefficient (Wildman–Crippen LogP) is 8.22. The number of carbonyl (C=O) groups is 1. The van der Waals surface area contributed by atoms with Crippen molar-refractivity contribution in [1.29, 1.82) is 0 Å². The molecule has 1 N–H and O–H groups in total. The van der Waals surface area contributed by atoms with Gasteiger partial charge in [0, 0.05) is 37.1 Å². The van der Waals surface area contributed by atoms with Crippen molar-refractivity contribution in [3.05, 3.63) is 88.7 Å². The molecule has 2 aromatic heterocycles. The first-order valence-corrected chi connectivity index (χ1v) is 11.7. The van der Waals surface area contributed by atoms with Crippen molar-refractivity contribution in [2.24, 2.45) is 0 Å². The van der Waals surface area contributed by atoms with E-state index in [0.717, 1.165) is 33.5 Å². The number of aryl methyl sites for hydroxylation is 3. The summed E-state index contributed by atoms with van der Waals surface area (Å²) in [5.41, 5.74) is 8.61. The minimum Gasteiger partial charge on any atom is -0.512 e. The molecule has 0 amide bonds. The number of nitrogens with zero attached hydrogens (tertiary/aromatic N) is 1. The molecule has 0 aliphatic heterocycles. The Balaban J connectivity index is 0.000000503. The SMILES string of the molecule is CC(=O)/C=C(/C)O.Cc1[c-]c(-c2ccc3cc(-c4cc(C)cc(C)c4)oc3n2)cc(C(C)(C)C)c1.[Ir]. The van der Waals surface area contributed by atoms with Crippen LogP contribution in [0.15, 0.2) is 64.8 Å². The first-order chi connectivity index (χ1) is 16.3. The fourth-order valence-corrected chi connectivity index (χ4v) is 3.91. The Morgan fingerprint density at radius 1 is 0.972 bits per heavy atom. The minimum absolute atomic E-state index is 0. The van der Waals surface area contributed by atoms with Gasteiger partial charge in [-0.15, -0.1) is 34.9 Å². The normalized spacial score (nSPS) is 11.5. The van der Waals surface area contributed by atoms with Gasteiger partial charge in [-0.3, -0.25) is 9.78 Å². The summed E-state index contributed by atoms with van der Waals surface area (Å²) in [6, 6.07) is 20.5. The van der Waals surface area contributed by atoms with Crippen LogP contribution in [-0.4, -0.2) is 15.9 Å². The summed E-state index contributed by atoms with van der Waals surface area (Å²) in [6.07, 6.45) is 1.17. The number of ketones is 1. The largest absolute Gasteiger partial charge is 0.512 e. The molecule has 4 nitrogen and oxygen atoms in total. The first kappa shape index (κ1) is 29.2. The summed E-state index contributed by atoms with van der Waals surface area (Å²) in [6.45, 7) is 15.8. The van der Waals surface area contributed by atoms with Crippen molar-refractivity contribution in [2.75, 3.05) is 0 Å². The summed E-state index contributed by atoms with van der Waals surface area (Å²) >= 11 is 0. The maximum absolute atomic E-state index is 10.0. The van der Waals surface area contributed by atoms with E-state index in [-0.39, 0.29) is 37.1 Å². The number of aliphatic hydroxyl groups excluding tert-OH is 1.